The Morgan fingerprint density at radius 1 is 0.853 bits per heavy atom. The number of carbonyl (C=O) groups is 2. The molecule has 0 aliphatic carbocycles. The summed E-state index contributed by atoms with van der Waals surface area (Å²) in [5, 5.41) is 8.03. The summed E-state index contributed by atoms with van der Waals surface area (Å²) in [7, 11) is 0. The van der Waals surface area contributed by atoms with E-state index in [1.54, 1.807) is 11.0 Å². The summed E-state index contributed by atoms with van der Waals surface area (Å²) in [5.74, 6) is 0. The molecule has 0 atom stereocenters. The molecule has 0 bridgehead atoms. The van der Waals surface area contributed by atoms with Gasteiger partial charge >= 0.3 is 18.2 Å². The average Bonchev–Trinajstić information content (AvgIpc) is 2.79. The number of benzene rings is 3. The quantitative estimate of drug-likeness (QED) is 0.357. The molecule has 0 saturated heterocycles. The minimum atomic E-state index is -4.43. The summed E-state index contributed by atoms with van der Waals surface area (Å²) in [4.78, 5) is 26.6. The van der Waals surface area contributed by atoms with Gasteiger partial charge in [-0.05, 0) is 67.4 Å². The molecule has 3 aromatic carbocycles. The van der Waals surface area contributed by atoms with E-state index in [4.69, 9.17) is 0 Å². The Balaban J connectivity index is 1.53. The Morgan fingerprint density at radius 2 is 1.56 bits per heavy atom. The first-order valence-electron chi connectivity index (χ1n) is 10.6. The second kappa shape index (κ2) is 11.2. The molecule has 34 heavy (non-hydrogen) atoms. The Hall–Kier alpha value is -4.01. The Kier molecular flexibility index (Phi) is 8.13. The van der Waals surface area contributed by atoms with Gasteiger partial charge < -0.3 is 16.0 Å². The largest absolute Gasteiger partial charge is 0.416 e. The van der Waals surface area contributed by atoms with Crippen LogP contribution in [-0.4, -0.2) is 25.2 Å². The van der Waals surface area contributed by atoms with Crippen molar-refractivity contribution in [1.82, 2.24) is 5.32 Å². The van der Waals surface area contributed by atoms with Gasteiger partial charge in [0.15, 0.2) is 0 Å². The lowest BCUT2D eigenvalue weighted by molar-refractivity contribution is -0.137. The lowest BCUT2D eigenvalue weighted by Gasteiger charge is -2.23. The molecule has 0 aromatic heterocycles. The molecule has 0 heterocycles. The minimum Gasteiger partial charge on any atom is -0.338 e. The highest BCUT2D eigenvalue weighted by molar-refractivity contribution is 6.01. The summed E-state index contributed by atoms with van der Waals surface area (Å²) in [6.45, 7) is 2.53. The van der Waals surface area contributed by atoms with Crippen LogP contribution in [0.3, 0.4) is 0 Å². The Morgan fingerprint density at radius 3 is 2.21 bits per heavy atom. The van der Waals surface area contributed by atoms with Gasteiger partial charge in [-0.3, -0.25) is 4.90 Å². The van der Waals surface area contributed by atoms with Gasteiger partial charge in [-0.25, -0.2) is 9.59 Å². The van der Waals surface area contributed by atoms with Crippen molar-refractivity contribution >= 4 is 29.1 Å². The fraction of sp³-hybridized carbons (Fsp3) is 0.200. The van der Waals surface area contributed by atoms with E-state index in [-0.39, 0.29) is 18.3 Å². The van der Waals surface area contributed by atoms with Gasteiger partial charge in [0, 0.05) is 30.2 Å². The van der Waals surface area contributed by atoms with E-state index in [9.17, 15) is 22.8 Å². The third-order valence-electron chi connectivity index (χ3n) is 4.90. The van der Waals surface area contributed by atoms with E-state index >= 15 is 0 Å². The number of aryl methyl sites for hydroxylation is 1. The first kappa shape index (κ1) is 24.6. The molecular weight excluding hydrogens is 445 g/mol. The Labute approximate surface area is 195 Å². The van der Waals surface area contributed by atoms with Crippen LogP contribution in [0.1, 0.15) is 17.5 Å². The molecule has 0 unspecified atom stereocenters. The highest BCUT2D eigenvalue weighted by atomic mass is 19.4. The van der Waals surface area contributed by atoms with Gasteiger partial charge in [-0.15, -0.1) is 0 Å². The number of carbonyl (C=O) groups excluding carboxylic acids is 2. The molecule has 3 aromatic rings. The average molecular weight is 470 g/mol. The van der Waals surface area contributed by atoms with E-state index in [1.165, 1.54) is 12.1 Å². The molecule has 9 heteroatoms. The fourth-order valence-corrected chi connectivity index (χ4v) is 3.23. The van der Waals surface area contributed by atoms with Crippen molar-refractivity contribution in [1.29, 1.82) is 0 Å². The van der Waals surface area contributed by atoms with Crippen LogP contribution in [0.4, 0.5) is 39.8 Å². The number of nitrogens with one attached hydrogen (secondary N) is 3. The van der Waals surface area contributed by atoms with Gasteiger partial charge in [0.1, 0.15) is 0 Å². The van der Waals surface area contributed by atoms with Crippen LogP contribution in [0.2, 0.25) is 0 Å². The number of nitrogens with zero attached hydrogens (tertiary/aromatic N) is 1. The second-order valence-corrected chi connectivity index (χ2v) is 7.60. The van der Waals surface area contributed by atoms with Crippen molar-refractivity contribution in [2.45, 2.75) is 19.5 Å². The number of rotatable bonds is 7. The highest BCUT2D eigenvalue weighted by Crippen LogP contribution is 2.29. The molecule has 0 radical (unpaired) electrons. The zero-order chi connectivity index (χ0) is 24.6. The molecule has 4 amide bonds. The zero-order valence-corrected chi connectivity index (χ0v) is 18.5. The third kappa shape index (κ3) is 7.26. The SMILES string of the molecule is Cc1cccc(NC(=O)N(CCCNC(=O)Nc2ccc(C(F)(F)F)cc2)c2ccccc2)c1. The molecule has 6 nitrogen and oxygen atoms in total. The zero-order valence-electron chi connectivity index (χ0n) is 18.5. The predicted octanol–water partition coefficient (Wildman–Crippen LogP) is 6.26. The topological polar surface area (TPSA) is 73.5 Å². The van der Waals surface area contributed by atoms with Gasteiger partial charge in [0.25, 0.3) is 0 Å². The Bertz CT molecular complexity index is 1100. The maximum atomic E-state index is 12.9. The number of alkyl halides is 3. The van der Waals surface area contributed by atoms with Crippen LogP contribution >= 0.6 is 0 Å². The van der Waals surface area contributed by atoms with Crippen LogP contribution in [-0.2, 0) is 6.18 Å². The fourth-order valence-electron chi connectivity index (χ4n) is 3.23. The van der Waals surface area contributed by atoms with Gasteiger partial charge in [-0.1, -0.05) is 30.3 Å². The van der Waals surface area contributed by atoms with Crippen LogP contribution in [0.15, 0.2) is 78.9 Å². The van der Waals surface area contributed by atoms with Crippen molar-refractivity contribution < 1.29 is 22.8 Å². The lowest BCUT2D eigenvalue weighted by Crippen LogP contribution is -2.38. The van der Waals surface area contributed by atoms with Gasteiger partial charge in [0.2, 0.25) is 0 Å². The first-order chi connectivity index (χ1) is 16.2. The maximum Gasteiger partial charge on any atom is 0.416 e. The molecule has 0 spiro atoms. The summed E-state index contributed by atoms with van der Waals surface area (Å²) in [5.41, 5.74) is 1.87. The van der Waals surface area contributed by atoms with Crippen molar-refractivity contribution in [3.63, 3.8) is 0 Å². The standard InChI is InChI=1S/C25H25F3N4O2/c1-18-7-5-8-21(17-18)31-24(34)32(22-9-3-2-4-10-22)16-6-15-29-23(33)30-20-13-11-19(12-14-20)25(26,27)28/h2-5,7-14,17H,6,15-16H2,1H3,(H,31,34)(H2,29,30,33). The van der Waals surface area contributed by atoms with Crippen molar-refractivity contribution in [3.8, 4) is 0 Å². The number of para-hydroxylation sites is 1. The summed E-state index contributed by atoms with van der Waals surface area (Å²) in [6, 6.07) is 20.0. The molecule has 0 aliphatic rings. The molecule has 0 aliphatic heterocycles. The van der Waals surface area contributed by atoms with Crippen LogP contribution < -0.4 is 20.9 Å². The molecule has 178 valence electrons. The number of hydrogen-bond acceptors (Lipinski definition) is 2. The number of halogens is 3. The van der Waals surface area contributed by atoms with Crippen molar-refractivity contribution in [2.75, 3.05) is 28.6 Å². The number of amides is 4. The van der Waals surface area contributed by atoms with Crippen LogP contribution in [0.25, 0.3) is 0 Å². The van der Waals surface area contributed by atoms with E-state index in [1.807, 2.05) is 55.5 Å². The first-order valence-corrected chi connectivity index (χ1v) is 10.6. The molecular formula is C25H25F3N4O2. The second-order valence-electron chi connectivity index (χ2n) is 7.60. The van der Waals surface area contributed by atoms with E-state index in [0.29, 0.717) is 24.3 Å². The van der Waals surface area contributed by atoms with Crippen LogP contribution in [0.5, 0.6) is 0 Å². The smallest absolute Gasteiger partial charge is 0.338 e. The van der Waals surface area contributed by atoms with Crippen LogP contribution in [0, 0.1) is 6.92 Å². The summed E-state index contributed by atoms with van der Waals surface area (Å²) < 4.78 is 37.9. The third-order valence-corrected chi connectivity index (χ3v) is 4.90. The van der Waals surface area contributed by atoms with Gasteiger partial charge in [-0.2, -0.15) is 13.2 Å². The molecule has 3 N–H and O–H groups in total. The van der Waals surface area contributed by atoms with Gasteiger partial charge in [0.05, 0.1) is 5.56 Å². The normalized spacial score (nSPS) is 10.9. The molecule has 0 fully saturated rings. The molecule has 0 saturated carbocycles. The van der Waals surface area contributed by atoms with Crippen molar-refractivity contribution in [2.24, 2.45) is 0 Å². The number of anilines is 3. The summed E-state index contributed by atoms with van der Waals surface area (Å²) in [6.07, 6.45) is -3.98. The van der Waals surface area contributed by atoms with Crippen molar-refractivity contribution in [3.05, 3.63) is 90.0 Å². The predicted molar refractivity (Wildman–Crippen MR) is 127 cm³/mol. The number of hydrogen-bond donors (Lipinski definition) is 3. The number of urea groups is 2. The van der Waals surface area contributed by atoms with E-state index < -0.39 is 17.8 Å². The molecule has 3 rings (SSSR count). The van der Waals surface area contributed by atoms with E-state index in [2.05, 4.69) is 16.0 Å². The lowest BCUT2D eigenvalue weighted by atomic mass is 10.2. The maximum absolute atomic E-state index is 12.9. The monoisotopic (exact) mass is 470 g/mol. The summed E-state index contributed by atoms with van der Waals surface area (Å²) >= 11 is 0. The minimum absolute atomic E-state index is 0.244. The van der Waals surface area contributed by atoms with E-state index in [0.717, 1.165) is 17.7 Å². The highest BCUT2D eigenvalue weighted by Gasteiger charge is 2.30.